The highest BCUT2D eigenvalue weighted by atomic mass is 16.5. The summed E-state index contributed by atoms with van der Waals surface area (Å²) in [7, 11) is 3.10. The molecule has 160 valence electrons. The summed E-state index contributed by atoms with van der Waals surface area (Å²) < 4.78 is 16.7. The number of esters is 1. The Morgan fingerprint density at radius 1 is 1.17 bits per heavy atom. The van der Waals surface area contributed by atoms with Crippen LogP contribution < -0.4 is 9.47 Å². The minimum absolute atomic E-state index is 0.0840. The van der Waals surface area contributed by atoms with Gasteiger partial charge in [-0.3, -0.25) is 0 Å². The predicted octanol–water partition coefficient (Wildman–Crippen LogP) is 4.77. The van der Waals surface area contributed by atoms with E-state index in [0.29, 0.717) is 23.5 Å². The van der Waals surface area contributed by atoms with Crippen molar-refractivity contribution in [2.75, 3.05) is 14.2 Å². The number of carbonyl (C=O) groups is 1. The second-order valence-electron chi connectivity index (χ2n) is 9.25. The monoisotopic (exact) mass is 402 g/mol. The standard InChI is InChI=1S/C24H34O5/c1-15(2)24(26)12-11-23(4)10-9-16(3)13-20(21(23)24)29-22(25)17-7-8-18(27-5)19(14-17)28-6/h7-9,14-15,20-21,26H,10-13H2,1-6H3. The molecule has 1 saturated carbocycles. The topological polar surface area (TPSA) is 65.0 Å². The molecule has 0 bridgehead atoms. The maximum Gasteiger partial charge on any atom is 0.338 e. The Balaban J connectivity index is 1.93. The highest BCUT2D eigenvalue weighted by molar-refractivity contribution is 5.90. The molecule has 0 aliphatic heterocycles. The van der Waals surface area contributed by atoms with Crippen molar-refractivity contribution in [3.8, 4) is 11.5 Å². The van der Waals surface area contributed by atoms with E-state index in [-0.39, 0.29) is 23.4 Å². The first-order valence-electron chi connectivity index (χ1n) is 10.5. The molecule has 4 unspecified atom stereocenters. The van der Waals surface area contributed by atoms with Gasteiger partial charge >= 0.3 is 5.97 Å². The molecule has 0 radical (unpaired) electrons. The van der Waals surface area contributed by atoms with Gasteiger partial charge in [0.05, 0.1) is 25.4 Å². The molecule has 0 spiro atoms. The van der Waals surface area contributed by atoms with Crippen LogP contribution in [0, 0.1) is 17.3 Å². The Kier molecular flexibility index (Phi) is 6.00. The second-order valence-corrected chi connectivity index (χ2v) is 9.25. The molecule has 2 aliphatic rings. The van der Waals surface area contributed by atoms with Gasteiger partial charge in [0.15, 0.2) is 11.5 Å². The Bertz CT molecular complexity index is 798. The van der Waals surface area contributed by atoms with E-state index < -0.39 is 11.6 Å². The smallest absolute Gasteiger partial charge is 0.338 e. The van der Waals surface area contributed by atoms with Crippen LogP contribution in [0.4, 0.5) is 0 Å². The van der Waals surface area contributed by atoms with Crippen LogP contribution in [0.25, 0.3) is 0 Å². The Hall–Kier alpha value is -2.01. The first-order chi connectivity index (χ1) is 13.6. The van der Waals surface area contributed by atoms with Gasteiger partial charge in [-0.15, -0.1) is 0 Å². The third-order valence-corrected chi connectivity index (χ3v) is 7.08. The highest BCUT2D eigenvalue weighted by Crippen LogP contribution is 2.58. The third-order valence-electron chi connectivity index (χ3n) is 7.08. The van der Waals surface area contributed by atoms with E-state index in [0.717, 1.165) is 19.3 Å². The van der Waals surface area contributed by atoms with Crippen LogP contribution in [0.15, 0.2) is 29.8 Å². The van der Waals surface area contributed by atoms with Gasteiger partial charge in [0.2, 0.25) is 0 Å². The van der Waals surface area contributed by atoms with Crippen molar-refractivity contribution in [3.63, 3.8) is 0 Å². The van der Waals surface area contributed by atoms with Crippen molar-refractivity contribution in [3.05, 3.63) is 35.4 Å². The molecule has 1 N–H and O–H groups in total. The van der Waals surface area contributed by atoms with Crippen LogP contribution in [0.2, 0.25) is 0 Å². The summed E-state index contributed by atoms with van der Waals surface area (Å²) in [5.41, 5.74) is 0.702. The van der Waals surface area contributed by atoms with E-state index in [1.54, 1.807) is 32.4 Å². The SMILES string of the molecule is COc1ccc(C(=O)OC2CC(C)=CCC3(C)CCC(O)(C(C)C)C23)cc1OC. The summed E-state index contributed by atoms with van der Waals surface area (Å²) in [6.45, 7) is 8.43. The molecule has 2 aliphatic carbocycles. The lowest BCUT2D eigenvalue weighted by Crippen LogP contribution is -2.50. The molecule has 0 heterocycles. The summed E-state index contributed by atoms with van der Waals surface area (Å²) in [6, 6.07) is 5.03. The molecular weight excluding hydrogens is 368 g/mol. The summed E-state index contributed by atoms with van der Waals surface area (Å²) >= 11 is 0. The molecule has 3 rings (SSSR count). The molecule has 4 atom stereocenters. The fourth-order valence-electron chi connectivity index (χ4n) is 5.25. The first-order valence-corrected chi connectivity index (χ1v) is 10.5. The summed E-state index contributed by atoms with van der Waals surface area (Å²) in [5.74, 6) is 0.645. The van der Waals surface area contributed by atoms with E-state index in [1.807, 2.05) is 0 Å². The zero-order valence-electron chi connectivity index (χ0n) is 18.5. The van der Waals surface area contributed by atoms with Crippen molar-refractivity contribution in [2.45, 2.75) is 65.1 Å². The Morgan fingerprint density at radius 3 is 2.48 bits per heavy atom. The summed E-state index contributed by atoms with van der Waals surface area (Å²) in [6.07, 6.45) is 5.11. The van der Waals surface area contributed by atoms with E-state index in [2.05, 4.69) is 33.8 Å². The van der Waals surface area contributed by atoms with Crippen LogP contribution in [0.1, 0.15) is 63.7 Å². The van der Waals surface area contributed by atoms with Gasteiger partial charge in [-0.2, -0.15) is 0 Å². The Morgan fingerprint density at radius 2 is 1.86 bits per heavy atom. The Labute approximate surface area is 174 Å². The van der Waals surface area contributed by atoms with Crippen LogP contribution in [0.5, 0.6) is 11.5 Å². The molecule has 0 aromatic heterocycles. The number of allylic oxidation sites excluding steroid dienone is 1. The van der Waals surface area contributed by atoms with Crippen LogP contribution in [-0.2, 0) is 4.74 Å². The number of rotatable bonds is 5. The molecule has 1 aromatic carbocycles. The zero-order chi connectivity index (χ0) is 21.4. The number of hydrogen-bond donors (Lipinski definition) is 1. The molecular formula is C24H34O5. The molecule has 1 fully saturated rings. The number of fused-ring (bicyclic) bond motifs is 1. The van der Waals surface area contributed by atoms with Gasteiger partial charge in [-0.1, -0.05) is 32.4 Å². The quantitative estimate of drug-likeness (QED) is 0.568. The largest absolute Gasteiger partial charge is 0.493 e. The maximum atomic E-state index is 13.1. The minimum Gasteiger partial charge on any atom is -0.493 e. The average Bonchev–Trinajstić information content (AvgIpc) is 2.90. The number of ether oxygens (including phenoxy) is 3. The van der Waals surface area contributed by atoms with Crippen LogP contribution >= 0.6 is 0 Å². The van der Waals surface area contributed by atoms with Crippen LogP contribution in [0.3, 0.4) is 0 Å². The number of hydrogen-bond acceptors (Lipinski definition) is 5. The van der Waals surface area contributed by atoms with Crippen molar-refractivity contribution in [2.24, 2.45) is 17.3 Å². The molecule has 5 nitrogen and oxygen atoms in total. The highest BCUT2D eigenvalue weighted by Gasteiger charge is 2.59. The first kappa shape index (κ1) is 21.7. The van der Waals surface area contributed by atoms with Gasteiger partial charge < -0.3 is 19.3 Å². The van der Waals surface area contributed by atoms with Crippen molar-refractivity contribution < 1.29 is 24.1 Å². The minimum atomic E-state index is -0.838. The number of methoxy groups -OCH3 is 2. The summed E-state index contributed by atoms with van der Waals surface area (Å²) in [5, 5.41) is 11.6. The van der Waals surface area contributed by atoms with Crippen molar-refractivity contribution in [1.82, 2.24) is 0 Å². The van der Waals surface area contributed by atoms with E-state index >= 15 is 0 Å². The molecule has 0 amide bonds. The van der Waals surface area contributed by atoms with Gasteiger partial charge in [0, 0.05) is 12.3 Å². The van der Waals surface area contributed by atoms with Gasteiger partial charge in [-0.05, 0) is 55.7 Å². The van der Waals surface area contributed by atoms with Crippen LogP contribution in [-0.4, -0.2) is 37.0 Å². The molecule has 0 saturated heterocycles. The maximum absolute atomic E-state index is 13.1. The normalized spacial score (nSPS) is 31.7. The second kappa shape index (κ2) is 8.02. The van der Waals surface area contributed by atoms with E-state index in [4.69, 9.17) is 14.2 Å². The predicted molar refractivity (Wildman–Crippen MR) is 112 cm³/mol. The lowest BCUT2D eigenvalue weighted by Gasteiger charge is -2.43. The molecule has 5 heteroatoms. The number of aliphatic hydroxyl groups is 1. The van der Waals surface area contributed by atoms with E-state index in [1.165, 1.54) is 5.57 Å². The number of carbonyl (C=O) groups excluding carboxylic acids is 1. The van der Waals surface area contributed by atoms with E-state index in [9.17, 15) is 9.90 Å². The van der Waals surface area contributed by atoms with Crippen molar-refractivity contribution >= 4 is 5.97 Å². The van der Waals surface area contributed by atoms with Crippen molar-refractivity contribution in [1.29, 1.82) is 0 Å². The number of benzene rings is 1. The molecule has 29 heavy (non-hydrogen) atoms. The molecule has 1 aromatic rings. The third kappa shape index (κ3) is 3.89. The lowest BCUT2D eigenvalue weighted by atomic mass is 9.67. The fourth-order valence-corrected chi connectivity index (χ4v) is 5.25. The van der Waals surface area contributed by atoms with Gasteiger partial charge in [0.25, 0.3) is 0 Å². The summed E-state index contributed by atoms with van der Waals surface area (Å²) in [4.78, 5) is 13.1. The lowest BCUT2D eigenvalue weighted by molar-refractivity contribution is -0.112. The van der Waals surface area contributed by atoms with Gasteiger partial charge in [-0.25, -0.2) is 4.79 Å². The van der Waals surface area contributed by atoms with Gasteiger partial charge in [0.1, 0.15) is 6.10 Å². The fraction of sp³-hybridized carbons (Fsp3) is 0.625. The average molecular weight is 403 g/mol. The zero-order valence-corrected chi connectivity index (χ0v) is 18.5.